The molecule has 2 rings (SSSR count). The normalized spacial score (nSPS) is 24.9. The van der Waals surface area contributed by atoms with E-state index in [0.717, 1.165) is 4.31 Å². The average molecular weight is 330 g/mol. The highest BCUT2D eigenvalue weighted by atomic mass is 32.2. The predicted octanol–water partition coefficient (Wildman–Crippen LogP) is -0.663. The monoisotopic (exact) mass is 330 g/mol. The SMILES string of the molecule is CN([C@H]1CS(=O)(=O)C[C@H]1O)S(=O)(=O)c1cccc(C#N)c1. The third-order valence-corrected chi connectivity index (χ3v) is 6.98. The Kier molecular flexibility index (Phi) is 4.08. The van der Waals surface area contributed by atoms with Gasteiger partial charge in [-0.3, -0.25) is 0 Å². The van der Waals surface area contributed by atoms with Gasteiger partial charge in [-0.2, -0.15) is 9.57 Å². The van der Waals surface area contributed by atoms with E-state index in [1.54, 1.807) is 0 Å². The zero-order valence-electron chi connectivity index (χ0n) is 11.2. The second-order valence-electron chi connectivity index (χ2n) is 4.87. The maximum Gasteiger partial charge on any atom is 0.243 e. The van der Waals surface area contributed by atoms with Gasteiger partial charge in [-0.1, -0.05) is 6.07 Å². The number of nitriles is 1. The lowest BCUT2D eigenvalue weighted by Gasteiger charge is -2.25. The minimum absolute atomic E-state index is 0.111. The first-order valence-corrected chi connectivity index (χ1v) is 9.30. The summed E-state index contributed by atoms with van der Waals surface area (Å²) in [6.45, 7) is 0. The van der Waals surface area contributed by atoms with E-state index in [0.29, 0.717) is 0 Å². The molecule has 0 aliphatic carbocycles. The standard InChI is InChI=1S/C12H14N2O5S2/c1-14(11-7-20(16,17)8-12(11)15)21(18,19)10-4-2-3-9(5-10)6-13/h2-5,11-12,15H,7-8H2,1H3/t11-,12+/m0/s1. The number of nitrogens with zero attached hydrogens (tertiary/aromatic N) is 2. The number of aliphatic hydroxyl groups excluding tert-OH is 1. The van der Waals surface area contributed by atoms with Gasteiger partial charge in [0.05, 0.1) is 40.2 Å². The van der Waals surface area contributed by atoms with Crippen LogP contribution in [-0.4, -0.2) is 56.9 Å². The van der Waals surface area contributed by atoms with Gasteiger partial charge in [-0.05, 0) is 18.2 Å². The van der Waals surface area contributed by atoms with E-state index in [1.165, 1.54) is 31.3 Å². The molecule has 21 heavy (non-hydrogen) atoms. The van der Waals surface area contributed by atoms with Crippen LogP contribution < -0.4 is 0 Å². The number of sulfone groups is 1. The van der Waals surface area contributed by atoms with Crippen molar-refractivity contribution in [2.75, 3.05) is 18.6 Å². The zero-order valence-corrected chi connectivity index (χ0v) is 12.8. The molecule has 1 aromatic rings. The molecule has 1 N–H and O–H groups in total. The topological polar surface area (TPSA) is 116 Å². The fourth-order valence-electron chi connectivity index (χ4n) is 2.23. The summed E-state index contributed by atoms with van der Waals surface area (Å²) in [7, 11) is -6.21. The van der Waals surface area contributed by atoms with Crippen molar-refractivity contribution in [3.63, 3.8) is 0 Å². The molecule has 9 heteroatoms. The van der Waals surface area contributed by atoms with E-state index in [9.17, 15) is 21.9 Å². The molecular weight excluding hydrogens is 316 g/mol. The molecule has 0 bridgehead atoms. The van der Waals surface area contributed by atoms with Gasteiger partial charge in [-0.15, -0.1) is 0 Å². The van der Waals surface area contributed by atoms with E-state index < -0.39 is 43.5 Å². The second kappa shape index (κ2) is 5.38. The van der Waals surface area contributed by atoms with E-state index in [4.69, 9.17) is 5.26 Å². The van der Waals surface area contributed by atoms with Gasteiger partial charge in [0.15, 0.2) is 9.84 Å². The Morgan fingerprint density at radius 3 is 2.57 bits per heavy atom. The summed E-state index contributed by atoms with van der Waals surface area (Å²) < 4.78 is 48.8. The molecular formula is C12H14N2O5S2. The number of hydrogen-bond acceptors (Lipinski definition) is 6. The van der Waals surface area contributed by atoms with Gasteiger partial charge in [0, 0.05) is 7.05 Å². The van der Waals surface area contributed by atoms with Crippen molar-refractivity contribution in [3.05, 3.63) is 29.8 Å². The van der Waals surface area contributed by atoms with Crippen molar-refractivity contribution < 1.29 is 21.9 Å². The summed E-state index contributed by atoms with van der Waals surface area (Å²) >= 11 is 0. The lowest BCUT2D eigenvalue weighted by atomic mass is 10.2. The quantitative estimate of drug-likeness (QED) is 0.786. The minimum Gasteiger partial charge on any atom is -0.390 e. The van der Waals surface area contributed by atoms with Gasteiger partial charge in [0.2, 0.25) is 10.0 Å². The molecule has 1 fully saturated rings. The molecule has 0 saturated carbocycles. The van der Waals surface area contributed by atoms with Gasteiger partial charge in [-0.25, -0.2) is 16.8 Å². The largest absolute Gasteiger partial charge is 0.390 e. The number of hydrogen-bond donors (Lipinski definition) is 1. The predicted molar refractivity (Wildman–Crippen MR) is 74.6 cm³/mol. The van der Waals surface area contributed by atoms with Crippen LogP contribution in [0.5, 0.6) is 0 Å². The van der Waals surface area contributed by atoms with Gasteiger partial charge < -0.3 is 5.11 Å². The minimum atomic E-state index is -3.98. The van der Waals surface area contributed by atoms with Crippen molar-refractivity contribution >= 4 is 19.9 Å². The van der Waals surface area contributed by atoms with Gasteiger partial charge >= 0.3 is 0 Å². The number of aliphatic hydroxyl groups is 1. The Labute approximate surface area is 123 Å². The Hall–Kier alpha value is -1.47. The van der Waals surface area contributed by atoms with Crippen LogP contribution in [-0.2, 0) is 19.9 Å². The molecule has 0 unspecified atom stereocenters. The first-order chi connectivity index (χ1) is 9.67. The number of benzene rings is 1. The first kappa shape index (κ1) is 15.9. The fraction of sp³-hybridized carbons (Fsp3) is 0.417. The number of sulfonamides is 1. The van der Waals surface area contributed by atoms with Crippen LogP contribution in [0.25, 0.3) is 0 Å². The smallest absolute Gasteiger partial charge is 0.243 e. The van der Waals surface area contributed by atoms with Crippen molar-refractivity contribution in [3.8, 4) is 6.07 Å². The van der Waals surface area contributed by atoms with Crippen LogP contribution in [0.4, 0.5) is 0 Å². The van der Waals surface area contributed by atoms with Crippen LogP contribution >= 0.6 is 0 Å². The molecule has 0 spiro atoms. The van der Waals surface area contributed by atoms with Crippen molar-refractivity contribution in [2.24, 2.45) is 0 Å². The third kappa shape index (κ3) is 3.08. The highest BCUT2D eigenvalue weighted by molar-refractivity contribution is 7.92. The van der Waals surface area contributed by atoms with E-state index in [-0.39, 0.29) is 10.5 Å². The molecule has 1 aliphatic heterocycles. The van der Waals surface area contributed by atoms with Crippen LogP contribution in [0.3, 0.4) is 0 Å². The maximum absolute atomic E-state index is 12.5. The Balaban J connectivity index is 2.38. The molecule has 7 nitrogen and oxygen atoms in total. The number of rotatable bonds is 3. The van der Waals surface area contributed by atoms with Crippen LogP contribution in [0.1, 0.15) is 5.56 Å². The summed E-state index contributed by atoms with van der Waals surface area (Å²) in [5.41, 5.74) is 0.184. The van der Waals surface area contributed by atoms with Crippen molar-refractivity contribution in [1.82, 2.24) is 4.31 Å². The third-order valence-electron chi connectivity index (χ3n) is 3.40. The molecule has 2 atom stereocenters. The highest BCUT2D eigenvalue weighted by Crippen LogP contribution is 2.24. The average Bonchev–Trinajstić information content (AvgIpc) is 2.71. The summed E-state index contributed by atoms with van der Waals surface area (Å²) in [6, 6.07) is 6.25. The van der Waals surface area contributed by atoms with Gasteiger partial charge in [0.25, 0.3) is 0 Å². The van der Waals surface area contributed by atoms with Crippen LogP contribution in [0, 0.1) is 11.3 Å². The lowest BCUT2D eigenvalue weighted by Crippen LogP contribution is -2.44. The zero-order chi connectivity index (χ0) is 15.8. The molecule has 1 saturated heterocycles. The molecule has 1 heterocycles. The Morgan fingerprint density at radius 2 is 2.05 bits per heavy atom. The molecule has 0 aromatic heterocycles. The summed E-state index contributed by atoms with van der Waals surface area (Å²) in [6.07, 6.45) is -1.26. The summed E-state index contributed by atoms with van der Waals surface area (Å²) in [5.74, 6) is -0.863. The Bertz CT molecular complexity index is 795. The van der Waals surface area contributed by atoms with Crippen LogP contribution in [0.15, 0.2) is 29.2 Å². The van der Waals surface area contributed by atoms with E-state index >= 15 is 0 Å². The molecule has 114 valence electrons. The fourth-order valence-corrected chi connectivity index (χ4v) is 5.60. The van der Waals surface area contributed by atoms with Crippen molar-refractivity contribution in [2.45, 2.75) is 17.0 Å². The molecule has 0 amide bonds. The molecule has 1 aliphatic rings. The molecule has 0 radical (unpaired) electrons. The van der Waals surface area contributed by atoms with Crippen molar-refractivity contribution in [1.29, 1.82) is 5.26 Å². The van der Waals surface area contributed by atoms with E-state index in [1.807, 2.05) is 6.07 Å². The van der Waals surface area contributed by atoms with E-state index in [2.05, 4.69) is 0 Å². The van der Waals surface area contributed by atoms with Gasteiger partial charge in [0.1, 0.15) is 0 Å². The number of likely N-dealkylation sites (N-methyl/N-ethyl adjacent to an activating group) is 1. The summed E-state index contributed by atoms with van der Waals surface area (Å²) in [4.78, 5) is -0.111. The Morgan fingerprint density at radius 1 is 1.38 bits per heavy atom. The van der Waals surface area contributed by atoms with Crippen LogP contribution in [0.2, 0.25) is 0 Å². The summed E-state index contributed by atoms with van der Waals surface area (Å²) in [5, 5.41) is 18.6. The first-order valence-electron chi connectivity index (χ1n) is 6.04. The highest BCUT2D eigenvalue weighted by Gasteiger charge is 2.42. The maximum atomic E-state index is 12.5. The molecule has 1 aromatic carbocycles. The second-order valence-corrected chi connectivity index (χ2v) is 9.02. The lowest BCUT2D eigenvalue weighted by molar-refractivity contribution is 0.137.